The zero-order chi connectivity index (χ0) is 19.5. The van der Waals surface area contributed by atoms with Crippen molar-refractivity contribution in [2.45, 2.75) is 37.8 Å². The maximum atomic E-state index is 13.0. The molecule has 4 rings (SSSR count). The average Bonchev–Trinajstić information content (AvgIpc) is 3.07. The Kier molecular flexibility index (Phi) is 5.30. The fraction of sp³-hybridized carbons (Fsp3) is 0.286. The first kappa shape index (κ1) is 18.5. The summed E-state index contributed by atoms with van der Waals surface area (Å²) >= 11 is 5.90. The highest BCUT2D eigenvalue weighted by molar-refractivity contribution is 6.30. The van der Waals surface area contributed by atoms with Crippen molar-refractivity contribution in [3.63, 3.8) is 0 Å². The van der Waals surface area contributed by atoms with Crippen LogP contribution in [-0.2, 0) is 0 Å². The molecule has 2 aromatic carbocycles. The second-order valence-corrected chi connectivity index (χ2v) is 7.51. The van der Waals surface area contributed by atoms with Crippen LogP contribution in [-0.4, -0.2) is 34.9 Å². The minimum absolute atomic E-state index is 0.0259. The number of fused-ring (bicyclic) bond motifs is 1. The van der Waals surface area contributed by atoms with Crippen LogP contribution in [0.1, 0.15) is 36.0 Å². The quantitative estimate of drug-likeness (QED) is 0.727. The van der Waals surface area contributed by atoms with Gasteiger partial charge in [-0.2, -0.15) is 4.90 Å². The smallest absolute Gasteiger partial charge is 0.294 e. The number of urea groups is 1. The lowest BCUT2D eigenvalue weighted by Gasteiger charge is -2.26. The molecule has 0 aromatic heterocycles. The number of benzene rings is 2. The highest BCUT2D eigenvalue weighted by Crippen LogP contribution is 2.24. The first-order valence-corrected chi connectivity index (χ1v) is 9.85. The van der Waals surface area contributed by atoms with Gasteiger partial charge in [-0.25, -0.2) is 10.1 Å². The van der Waals surface area contributed by atoms with Gasteiger partial charge in [0.2, 0.25) is 0 Å². The monoisotopic (exact) mass is 397 g/mol. The van der Waals surface area contributed by atoms with Crippen LogP contribution < -0.4 is 15.6 Å². The molecular weight excluding hydrogens is 376 g/mol. The fourth-order valence-electron chi connectivity index (χ4n) is 3.83. The molecule has 2 atom stereocenters. The number of anilines is 1. The molecule has 28 heavy (non-hydrogen) atoms. The van der Waals surface area contributed by atoms with Gasteiger partial charge < -0.3 is 0 Å². The van der Waals surface area contributed by atoms with Crippen molar-refractivity contribution in [2.24, 2.45) is 0 Å². The molecule has 7 heteroatoms. The van der Waals surface area contributed by atoms with E-state index in [0.717, 1.165) is 31.4 Å². The van der Waals surface area contributed by atoms with E-state index >= 15 is 0 Å². The van der Waals surface area contributed by atoms with E-state index in [0.29, 0.717) is 16.5 Å². The highest BCUT2D eigenvalue weighted by atomic mass is 35.5. The molecule has 1 aliphatic heterocycles. The lowest BCUT2D eigenvalue weighted by atomic mass is 9.91. The van der Waals surface area contributed by atoms with Crippen LogP contribution in [0.15, 0.2) is 54.6 Å². The first-order valence-electron chi connectivity index (χ1n) is 9.47. The van der Waals surface area contributed by atoms with Gasteiger partial charge in [-0.1, -0.05) is 29.8 Å². The van der Waals surface area contributed by atoms with Gasteiger partial charge in [0.05, 0.1) is 5.56 Å². The molecule has 0 radical (unpaired) electrons. The maximum absolute atomic E-state index is 13.0. The zero-order valence-corrected chi connectivity index (χ0v) is 16.1. The molecule has 6 nitrogen and oxygen atoms in total. The largest absolute Gasteiger partial charge is 0.386 e. The second kappa shape index (κ2) is 8.02. The number of guanidine groups is 1. The minimum atomic E-state index is -0.282. The molecule has 2 aromatic rings. The van der Waals surface area contributed by atoms with E-state index < -0.39 is 0 Å². The lowest BCUT2D eigenvalue weighted by molar-refractivity contribution is -0.500. The van der Waals surface area contributed by atoms with Crippen LogP contribution in [0.25, 0.3) is 0 Å². The van der Waals surface area contributed by atoms with Gasteiger partial charge in [0.25, 0.3) is 0 Å². The van der Waals surface area contributed by atoms with Gasteiger partial charge in [0.1, 0.15) is 12.1 Å². The molecule has 3 amide bonds. The Morgan fingerprint density at radius 2 is 1.68 bits per heavy atom. The van der Waals surface area contributed by atoms with E-state index in [9.17, 15) is 9.59 Å². The van der Waals surface area contributed by atoms with Gasteiger partial charge in [-0.15, -0.1) is 0 Å². The topological polar surface area (TPSA) is 75.4 Å². The summed E-state index contributed by atoms with van der Waals surface area (Å²) in [5, 5.41) is 6.37. The van der Waals surface area contributed by atoms with Crippen molar-refractivity contribution in [2.75, 3.05) is 5.32 Å². The number of amides is 3. The van der Waals surface area contributed by atoms with Crippen LogP contribution in [0.2, 0.25) is 5.02 Å². The number of halogens is 1. The summed E-state index contributed by atoms with van der Waals surface area (Å²) in [5.41, 5.74) is 1.20. The number of hydrogen-bond donors (Lipinski definition) is 3. The standard InChI is InChI=1S/C21H21ClN4O2/c22-15-12-10-14(11-13-15)19(27)25-20-24-17-8-4-5-9-18(17)26(20)21(28)23-16-6-2-1-3-7-16/h1-3,6-7,10-13,17-18H,4-5,8-9H2,(H,23,28)(H,24,25,27)/p+1/t17-,18+/m0/s1. The summed E-state index contributed by atoms with van der Waals surface area (Å²) in [5.74, 6) is 0.153. The molecular formula is C21H22ClN4O2+. The molecule has 0 spiro atoms. The Morgan fingerprint density at radius 1 is 0.964 bits per heavy atom. The molecule has 144 valence electrons. The number of carbonyl (C=O) groups is 2. The summed E-state index contributed by atoms with van der Waals surface area (Å²) in [6.45, 7) is 0. The van der Waals surface area contributed by atoms with E-state index in [2.05, 4.69) is 15.6 Å². The molecule has 0 saturated heterocycles. The molecule has 1 aliphatic carbocycles. The van der Waals surface area contributed by atoms with E-state index in [4.69, 9.17) is 11.6 Å². The number of para-hydroxylation sites is 1. The molecule has 0 bridgehead atoms. The van der Waals surface area contributed by atoms with Crippen LogP contribution in [0.3, 0.4) is 0 Å². The molecule has 0 unspecified atom stereocenters. The summed E-state index contributed by atoms with van der Waals surface area (Å²) in [6, 6.07) is 15.9. The Labute approximate surface area is 168 Å². The zero-order valence-electron chi connectivity index (χ0n) is 15.3. The number of rotatable bonds is 2. The van der Waals surface area contributed by atoms with Gasteiger partial charge in [0, 0.05) is 10.7 Å². The summed E-state index contributed by atoms with van der Waals surface area (Å²) in [7, 11) is 0. The maximum Gasteiger partial charge on any atom is 0.386 e. The van der Waals surface area contributed by atoms with Crippen molar-refractivity contribution in [3.05, 3.63) is 65.2 Å². The number of nitrogens with zero attached hydrogens (tertiary/aromatic N) is 1. The average molecular weight is 398 g/mol. The minimum Gasteiger partial charge on any atom is -0.294 e. The van der Waals surface area contributed by atoms with E-state index in [1.54, 1.807) is 29.2 Å². The van der Waals surface area contributed by atoms with E-state index in [-0.39, 0.29) is 24.0 Å². The van der Waals surface area contributed by atoms with Crippen molar-refractivity contribution in [1.29, 1.82) is 0 Å². The Morgan fingerprint density at radius 3 is 2.43 bits per heavy atom. The van der Waals surface area contributed by atoms with Crippen molar-refractivity contribution in [1.82, 2.24) is 10.2 Å². The highest BCUT2D eigenvalue weighted by Gasteiger charge is 2.47. The first-order chi connectivity index (χ1) is 13.6. The number of hydrogen-bond acceptors (Lipinski definition) is 2. The van der Waals surface area contributed by atoms with E-state index in [1.807, 2.05) is 30.3 Å². The van der Waals surface area contributed by atoms with Crippen molar-refractivity contribution >= 4 is 35.2 Å². The van der Waals surface area contributed by atoms with Crippen molar-refractivity contribution < 1.29 is 14.6 Å². The third-order valence-corrected chi connectivity index (χ3v) is 5.46. The summed E-state index contributed by atoms with van der Waals surface area (Å²) < 4.78 is 0. The predicted molar refractivity (Wildman–Crippen MR) is 108 cm³/mol. The second-order valence-electron chi connectivity index (χ2n) is 7.08. The van der Waals surface area contributed by atoms with E-state index in [1.165, 1.54) is 0 Å². The van der Waals surface area contributed by atoms with Gasteiger partial charge in [-0.05, 0) is 62.1 Å². The van der Waals surface area contributed by atoms with Gasteiger partial charge >= 0.3 is 17.9 Å². The fourth-order valence-corrected chi connectivity index (χ4v) is 3.96. The Balaban J connectivity index is 1.55. The molecule has 1 heterocycles. The third kappa shape index (κ3) is 3.87. The molecule has 1 saturated carbocycles. The van der Waals surface area contributed by atoms with Crippen molar-refractivity contribution in [3.8, 4) is 0 Å². The summed E-state index contributed by atoms with van der Waals surface area (Å²) in [4.78, 5) is 30.7. The van der Waals surface area contributed by atoms with Crippen LogP contribution in [0, 0.1) is 0 Å². The van der Waals surface area contributed by atoms with Crippen LogP contribution in [0.4, 0.5) is 10.5 Å². The van der Waals surface area contributed by atoms with Crippen LogP contribution >= 0.6 is 11.6 Å². The van der Waals surface area contributed by atoms with Crippen LogP contribution in [0.5, 0.6) is 0 Å². The van der Waals surface area contributed by atoms with Gasteiger partial charge in [0.15, 0.2) is 0 Å². The SMILES string of the molecule is O=C(NC1=[NH+][C@H]2CCCC[C@H]2N1C(=O)Nc1ccccc1)c1ccc(Cl)cc1. The number of nitrogens with one attached hydrogen (secondary N) is 3. The predicted octanol–water partition coefficient (Wildman–Crippen LogP) is 2.37. The lowest BCUT2D eigenvalue weighted by Crippen LogP contribution is -2.80. The third-order valence-electron chi connectivity index (χ3n) is 5.21. The van der Waals surface area contributed by atoms with Gasteiger partial charge in [-0.3, -0.25) is 15.1 Å². The Hall–Kier alpha value is -2.86. The molecule has 3 N–H and O–H groups in total. The normalized spacial score (nSPS) is 20.9. The molecule has 1 fully saturated rings. The Bertz CT molecular complexity index is 898. The summed E-state index contributed by atoms with van der Waals surface area (Å²) in [6.07, 6.45) is 4.05. The number of carbonyl (C=O) groups excluding carboxylic acids is 2. The molecule has 2 aliphatic rings.